The van der Waals surface area contributed by atoms with E-state index in [0.29, 0.717) is 6.04 Å². The highest BCUT2D eigenvalue weighted by Gasteiger charge is 2.09. The van der Waals surface area contributed by atoms with Gasteiger partial charge in [-0.25, -0.2) is 0 Å². The molecule has 1 heterocycles. The van der Waals surface area contributed by atoms with Gasteiger partial charge in [0.15, 0.2) is 0 Å². The summed E-state index contributed by atoms with van der Waals surface area (Å²) < 4.78 is 0. The molecule has 1 aromatic heterocycles. The molecule has 1 aliphatic rings. The number of hydrogen-bond acceptors (Lipinski definition) is 2. The third kappa shape index (κ3) is 3.46. The number of pyridine rings is 1. The molecule has 0 unspecified atom stereocenters. The lowest BCUT2D eigenvalue weighted by atomic mass is 10.1. The molecule has 0 aromatic carbocycles. The molecule has 1 fully saturated rings. The van der Waals surface area contributed by atoms with Gasteiger partial charge in [-0.3, -0.25) is 9.98 Å². The lowest BCUT2D eigenvalue weighted by Crippen LogP contribution is -2.02. The average molecular weight is 202 g/mol. The largest absolute Gasteiger partial charge is 0.288 e. The average Bonchev–Trinajstić information content (AvgIpc) is 2.56. The zero-order valence-electron chi connectivity index (χ0n) is 9.10. The summed E-state index contributed by atoms with van der Waals surface area (Å²) in [6, 6.07) is 6.47. The summed E-state index contributed by atoms with van der Waals surface area (Å²) in [5.74, 6) is 0. The van der Waals surface area contributed by atoms with E-state index in [1.807, 2.05) is 30.6 Å². The standard InChI is InChI=1S/C13H18N2/c1-2-4-8-12(7-3-1)15-11-13-9-5-6-10-14-13/h5-6,9-12H,1-4,7-8H2/b15-11+. The van der Waals surface area contributed by atoms with Gasteiger partial charge in [0.25, 0.3) is 0 Å². The first-order valence-corrected chi connectivity index (χ1v) is 5.89. The second-order valence-electron chi connectivity index (χ2n) is 4.18. The molecule has 2 nitrogen and oxygen atoms in total. The molecule has 0 radical (unpaired) electrons. The van der Waals surface area contributed by atoms with E-state index in [4.69, 9.17) is 0 Å². The summed E-state index contributed by atoms with van der Waals surface area (Å²) in [6.45, 7) is 0. The third-order valence-electron chi connectivity index (χ3n) is 2.93. The molecule has 0 spiro atoms. The van der Waals surface area contributed by atoms with Crippen LogP contribution in [0.3, 0.4) is 0 Å². The number of rotatable bonds is 2. The first-order chi connectivity index (χ1) is 7.45. The predicted molar refractivity (Wildman–Crippen MR) is 63.3 cm³/mol. The Kier molecular flexibility index (Phi) is 3.89. The van der Waals surface area contributed by atoms with Crippen LogP contribution >= 0.6 is 0 Å². The maximum absolute atomic E-state index is 4.63. The molecular formula is C13H18N2. The van der Waals surface area contributed by atoms with Gasteiger partial charge < -0.3 is 0 Å². The molecule has 1 aliphatic carbocycles. The second kappa shape index (κ2) is 5.64. The molecule has 1 saturated carbocycles. The molecule has 0 saturated heterocycles. The number of aliphatic imine (C=N–C) groups is 1. The van der Waals surface area contributed by atoms with Crippen molar-refractivity contribution in [3.05, 3.63) is 30.1 Å². The first kappa shape index (κ1) is 10.3. The van der Waals surface area contributed by atoms with E-state index in [1.54, 1.807) is 0 Å². The van der Waals surface area contributed by atoms with Crippen molar-refractivity contribution in [1.29, 1.82) is 0 Å². The summed E-state index contributed by atoms with van der Waals surface area (Å²) in [4.78, 5) is 8.86. The second-order valence-corrected chi connectivity index (χ2v) is 4.18. The van der Waals surface area contributed by atoms with E-state index in [1.165, 1.54) is 38.5 Å². The Morgan fingerprint density at radius 2 is 1.93 bits per heavy atom. The fraction of sp³-hybridized carbons (Fsp3) is 0.538. The summed E-state index contributed by atoms with van der Waals surface area (Å²) in [7, 11) is 0. The monoisotopic (exact) mass is 202 g/mol. The van der Waals surface area contributed by atoms with E-state index in [2.05, 4.69) is 9.98 Å². The van der Waals surface area contributed by atoms with E-state index in [0.717, 1.165) is 5.69 Å². The van der Waals surface area contributed by atoms with Gasteiger partial charge in [0.2, 0.25) is 0 Å². The van der Waals surface area contributed by atoms with Crippen LogP contribution < -0.4 is 0 Å². The Morgan fingerprint density at radius 3 is 2.60 bits per heavy atom. The van der Waals surface area contributed by atoms with E-state index < -0.39 is 0 Å². The van der Waals surface area contributed by atoms with Crippen molar-refractivity contribution in [2.45, 2.75) is 44.6 Å². The highest BCUT2D eigenvalue weighted by atomic mass is 14.8. The van der Waals surface area contributed by atoms with Crippen molar-refractivity contribution in [2.24, 2.45) is 4.99 Å². The Bertz CT molecular complexity index is 298. The van der Waals surface area contributed by atoms with Gasteiger partial charge in [-0.05, 0) is 25.0 Å². The molecule has 0 amide bonds. The van der Waals surface area contributed by atoms with Crippen LogP contribution in [-0.2, 0) is 0 Å². The van der Waals surface area contributed by atoms with Crippen molar-refractivity contribution in [3.8, 4) is 0 Å². The van der Waals surface area contributed by atoms with E-state index in [9.17, 15) is 0 Å². The summed E-state index contributed by atoms with van der Waals surface area (Å²) in [5.41, 5.74) is 0.974. The normalized spacial score (nSPS) is 19.2. The number of nitrogens with zero attached hydrogens (tertiary/aromatic N) is 2. The number of hydrogen-bond donors (Lipinski definition) is 0. The van der Waals surface area contributed by atoms with Crippen molar-refractivity contribution in [1.82, 2.24) is 4.98 Å². The fourth-order valence-corrected chi connectivity index (χ4v) is 2.04. The lowest BCUT2D eigenvalue weighted by Gasteiger charge is -2.06. The Hall–Kier alpha value is -1.18. The molecule has 1 aromatic rings. The predicted octanol–water partition coefficient (Wildman–Crippen LogP) is 3.22. The Morgan fingerprint density at radius 1 is 1.13 bits per heavy atom. The molecule has 15 heavy (non-hydrogen) atoms. The van der Waals surface area contributed by atoms with Crippen molar-refractivity contribution in [2.75, 3.05) is 0 Å². The molecule has 0 atom stereocenters. The van der Waals surface area contributed by atoms with E-state index in [-0.39, 0.29) is 0 Å². The van der Waals surface area contributed by atoms with Gasteiger partial charge in [0, 0.05) is 12.4 Å². The van der Waals surface area contributed by atoms with Gasteiger partial charge >= 0.3 is 0 Å². The summed E-state index contributed by atoms with van der Waals surface area (Å²) in [6.07, 6.45) is 11.7. The minimum atomic E-state index is 0.537. The zero-order chi connectivity index (χ0) is 10.3. The fourth-order valence-electron chi connectivity index (χ4n) is 2.04. The van der Waals surface area contributed by atoms with Gasteiger partial charge in [0.05, 0.1) is 11.7 Å². The van der Waals surface area contributed by atoms with Crippen LogP contribution in [0.25, 0.3) is 0 Å². The maximum atomic E-state index is 4.63. The highest BCUT2D eigenvalue weighted by Crippen LogP contribution is 2.19. The van der Waals surface area contributed by atoms with Gasteiger partial charge in [-0.2, -0.15) is 0 Å². The number of aromatic nitrogens is 1. The molecule has 0 N–H and O–H groups in total. The topological polar surface area (TPSA) is 25.2 Å². The molecule has 80 valence electrons. The third-order valence-corrected chi connectivity index (χ3v) is 2.93. The van der Waals surface area contributed by atoms with Crippen LogP contribution in [0, 0.1) is 0 Å². The van der Waals surface area contributed by atoms with Crippen molar-refractivity contribution < 1.29 is 0 Å². The van der Waals surface area contributed by atoms with Crippen LogP contribution in [-0.4, -0.2) is 17.2 Å². The van der Waals surface area contributed by atoms with Crippen LogP contribution in [0.4, 0.5) is 0 Å². The Labute approximate surface area is 91.5 Å². The van der Waals surface area contributed by atoms with Gasteiger partial charge in [-0.15, -0.1) is 0 Å². The zero-order valence-corrected chi connectivity index (χ0v) is 9.10. The van der Waals surface area contributed by atoms with Crippen molar-refractivity contribution in [3.63, 3.8) is 0 Å². The molecule has 2 heteroatoms. The van der Waals surface area contributed by atoms with Gasteiger partial charge in [-0.1, -0.05) is 31.7 Å². The van der Waals surface area contributed by atoms with E-state index >= 15 is 0 Å². The quantitative estimate of drug-likeness (QED) is 0.534. The minimum Gasteiger partial charge on any atom is -0.288 e. The molecule has 2 rings (SSSR count). The first-order valence-electron chi connectivity index (χ1n) is 5.89. The van der Waals surface area contributed by atoms with Gasteiger partial charge in [0.1, 0.15) is 0 Å². The van der Waals surface area contributed by atoms with Crippen LogP contribution in [0.5, 0.6) is 0 Å². The molecule has 0 bridgehead atoms. The summed E-state index contributed by atoms with van der Waals surface area (Å²) >= 11 is 0. The SMILES string of the molecule is C(=N\C1CCCCCC1)/c1ccccn1. The smallest absolute Gasteiger partial charge is 0.0807 e. The Balaban J connectivity index is 1.92. The molecule has 0 aliphatic heterocycles. The summed E-state index contributed by atoms with van der Waals surface area (Å²) in [5, 5.41) is 0. The molecular weight excluding hydrogens is 184 g/mol. The lowest BCUT2D eigenvalue weighted by molar-refractivity contribution is 0.588. The maximum Gasteiger partial charge on any atom is 0.0807 e. The van der Waals surface area contributed by atoms with Crippen LogP contribution in [0.1, 0.15) is 44.2 Å². The van der Waals surface area contributed by atoms with Crippen molar-refractivity contribution >= 4 is 6.21 Å². The van der Waals surface area contributed by atoms with Crippen LogP contribution in [0.15, 0.2) is 29.4 Å². The van der Waals surface area contributed by atoms with Crippen LogP contribution in [0.2, 0.25) is 0 Å². The minimum absolute atomic E-state index is 0.537. The highest BCUT2D eigenvalue weighted by molar-refractivity contribution is 5.76.